The molecule has 1 aliphatic rings. The van der Waals surface area contributed by atoms with Gasteiger partial charge in [-0.3, -0.25) is 0 Å². The maximum absolute atomic E-state index is 2.80. The average molecular weight is 268 g/mol. The molecule has 106 valence electrons. The van der Waals surface area contributed by atoms with E-state index in [1.165, 1.54) is 69.5 Å². The minimum atomic E-state index is -1.06. The maximum atomic E-state index is 2.80. The molecule has 0 radical (unpaired) electrons. The highest BCUT2D eigenvalue weighted by Crippen LogP contribution is 2.27. The number of allylic oxidation sites excluding steroid dienone is 2. The van der Waals surface area contributed by atoms with Crippen molar-refractivity contribution in [1.29, 1.82) is 0 Å². The summed E-state index contributed by atoms with van der Waals surface area (Å²) >= 11 is 0. The summed E-state index contributed by atoms with van der Waals surface area (Å²) in [7, 11) is -1.06. The van der Waals surface area contributed by atoms with E-state index in [1.54, 1.807) is 0 Å². The van der Waals surface area contributed by atoms with Gasteiger partial charge in [0.05, 0.1) is 8.07 Å². The van der Waals surface area contributed by atoms with E-state index in [2.05, 4.69) is 37.8 Å². The zero-order valence-corrected chi connectivity index (χ0v) is 13.9. The van der Waals surface area contributed by atoms with E-state index < -0.39 is 8.07 Å². The van der Waals surface area contributed by atoms with E-state index in [9.17, 15) is 0 Å². The van der Waals surface area contributed by atoms with Crippen LogP contribution in [0.1, 0.15) is 52.9 Å². The lowest BCUT2D eigenvalue weighted by atomic mass is 10.1. The van der Waals surface area contributed by atoms with Gasteiger partial charge in [0, 0.05) is 0 Å². The fourth-order valence-corrected chi connectivity index (χ4v) is 8.80. The van der Waals surface area contributed by atoms with Crippen LogP contribution in [-0.4, -0.2) is 32.2 Å². The predicted molar refractivity (Wildman–Crippen MR) is 85.9 cm³/mol. The first-order chi connectivity index (χ1) is 8.76. The van der Waals surface area contributed by atoms with Gasteiger partial charge >= 0.3 is 0 Å². The van der Waals surface area contributed by atoms with Crippen LogP contribution in [-0.2, 0) is 0 Å². The molecule has 1 nitrogen and oxygen atoms in total. The van der Waals surface area contributed by atoms with Crippen LogP contribution in [0.3, 0.4) is 0 Å². The summed E-state index contributed by atoms with van der Waals surface area (Å²) in [6, 6.07) is 4.48. The number of hydrogen-bond donors (Lipinski definition) is 0. The summed E-state index contributed by atoms with van der Waals surface area (Å²) < 4.78 is 0. The summed E-state index contributed by atoms with van der Waals surface area (Å²) in [5.41, 5.74) is 0. The Hall–Kier alpha value is -0.0831. The molecule has 0 aromatic carbocycles. The van der Waals surface area contributed by atoms with Gasteiger partial charge in [0.25, 0.3) is 0 Å². The first kappa shape index (κ1) is 16.0. The Kier molecular flexibility index (Phi) is 7.92. The van der Waals surface area contributed by atoms with Gasteiger partial charge in [-0.15, -0.1) is 0 Å². The van der Waals surface area contributed by atoms with Crippen molar-refractivity contribution in [2.75, 3.05) is 19.3 Å². The quantitative estimate of drug-likeness (QED) is 0.448. The molecule has 0 amide bonds. The topological polar surface area (TPSA) is 3.24 Å². The SMILES string of the molecule is C/C=C/C[Si](CCC)(CCC)CN1CCCCC1. The van der Waals surface area contributed by atoms with Gasteiger partial charge < -0.3 is 4.90 Å². The molecule has 0 saturated carbocycles. The van der Waals surface area contributed by atoms with Crippen molar-refractivity contribution < 1.29 is 0 Å². The van der Waals surface area contributed by atoms with Crippen LogP contribution in [0.4, 0.5) is 0 Å². The monoisotopic (exact) mass is 267 g/mol. The van der Waals surface area contributed by atoms with Gasteiger partial charge in [-0.25, -0.2) is 0 Å². The van der Waals surface area contributed by atoms with Gasteiger partial charge in [0.15, 0.2) is 0 Å². The Morgan fingerprint density at radius 3 is 2.11 bits per heavy atom. The first-order valence-corrected chi connectivity index (χ1v) is 10.9. The van der Waals surface area contributed by atoms with Gasteiger partial charge in [0.2, 0.25) is 0 Å². The number of likely N-dealkylation sites (tertiary alicyclic amines) is 1. The predicted octanol–water partition coefficient (Wildman–Crippen LogP) is 4.86. The molecule has 0 aromatic rings. The summed E-state index contributed by atoms with van der Waals surface area (Å²) in [6.07, 6.45) is 13.3. The van der Waals surface area contributed by atoms with Crippen molar-refractivity contribution in [2.24, 2.45) is 0 Å². The minimum absolute atomic E-state index is 1.06. The molecule has 1 rings (SSSR count). The fraction of sp³-hybridized carbons (Fsp3) is 0.875. The maximum Gasteiger partial charge on any atom is 0.0727 e. The van der Waals surface area contributed by atoms with Gasteiger partial charge in [-0.05, 0) is 45.1 Å². The Morgan fingerprint density at radius 1 is 1.00 bits per heavy atom. The third-order valence-corrected chi connectivity index (χ3v) is 9.70. The Balaban J connectivity index is 2.64. The molecule has 0 bridgehead atoms. The van der Waals surface area contributed by atoms with E-state index >= 15 is 0 Å². The molecule has 0 unspecified atom stereocenters. The molecular formula is C16H33NSi. The van der Waals surface area contributed by atoms with Crippen LogP contribution in [0.15, 0.2) is 12.2 Å². The van der Waals surface area contributed by atoms with E-state index in [0.29, 0.717) is 0 Å². The third kappa shape index (κ3) is 5.27. The standard InChI is InChI=1S/C16H33NSi/c1-4-7-15-18(13-5-2,14-6-3)16-17-11-9-8-10-12-17/h4,7H,5-6,8-16H2,1-3H3/b7-4+. The van der Waals surface area contributed by atoms with Crippen LogP contribution in [0.5, 0.6) is 0 Å². The lowest BCUT2D eigenvalue weighted by molar-refractivity contribution is 0.258. The van der Waals surface area contributed by atoms with E-state index in [4.69, 9.17) is 0 Å². The lowest BCUT2D eigenvalue weighted by Gasteiger charge is -2.38. The van der Waals surface area contributed by atoms with Crippen molar-refractivity contribution in [1.82, 2.24) is 4.90 Å². The minimum Gasteiger partial charge on any atom is -0.306 e. The van der Waals surface area contributed by atoms with Crippen molar-refractivity contribution in [3.05, 3.63) is 12.2 Å². The Bertz CT molecular complexity index is 225. The molecule has 18 heavy (non-hydrogen) atoms. The highest BCUT2D eigenvalue weighted by molar-refractivity contribution is 6.80. The van der Waals surface area contributed by atoms with E-state index in [0.717, 1.165) is 0 Å². The zero-order chi connectivity index (χ0) is 13.3. The number of nitrogens with zero attached hydrogens (tertiary/aromatic N) is 1. The normalized spacial score (nSPS) is 18.6. The first-order valence-electron chi connectivity index (χ1n) is 8.10. The molecule has 1 fully saturated rings. The van der Waals surface area contributed by atoms with Crippen LogP contribution in [0.2, 0.25) is 18.1 Å². The second-order valence-electron chi connectivity index (χ2n) is 6.11. The lowest BCUT2D eigenvalue weighted by Crippen LogP contribution is -2.48. The summed E-state index contributed by atoms with van der Waals surface area (Å²) in [6.45, 7) is 9.68. The number of rotatable bonds is 8. The van der Waals surface area contributed by atoms with Crippen LogP contribution >= 0.6 is 0 Å². The second-order valence-corrected chi connectivity index (χ2v) is 10.8. The Morgan fingerprint density at radius 2 is 1.61 bits per heavy atom. The molecule has 1 heterocycles. The van der Waals surface area contributed by atoms with Gasteiger partial charge in [-0.1, -0.05) is 57.4 Å². The highest BCUT2D eigenvalue weighted by atomic mass is 28.3. The molecule has 1 saturated heterocycles. The zero-order valence-electron chi connectivity index (χ0n) is 12.9. The van der Waals surface area contributed by atoms with Crippen molar-refractivity contribution in [2.45, 2.75) is 71.0 Å². The van der Waals surface area contributed by atoms with Crippen molar-refractivity contribution in [3.8, 4) is 0 Å². The second kappa shape index (κ2) is 8.92. The molecule has 0 N–H and O–H groups in total. The third-order valence-electron chi connectivity index (χ3n) is 4.35. The van der Waals surface area contributed by atoms with Crippen LogP contribution in [0.25, 0.3) is 0 Å². The molecule has 1 aliphatic heterocycles. The average Bonchev–Trinajstić information content (AvgIpc) is 2.38. The molecular weight excluding hydrogens is 234 g/mol. The van der Waals surface area contributed by atoms with Crippen LogP contribution < -0.4 is 0 Å². The van der Waals surface area contributed by atoms with Gasteiger partial charge in [-0.2, -0.15) is 0 Å². The summed E-state index contributed by atoms with van der Waals surface area (Å²) in [4.78, 5) is 2.80. The van der Waals surface area contributed by atoms with Crippen molar-refractivity contribution >= 4 is 8.07 Å². The van der Waals surface area contributed by atoms with E-state index in [-0.39, 0.29) is 0 Å². The van der Waals surface area contributed by atoms with Gasteiger partial charge in [0.1, 0.15) is 0 Å². The highest BCUT2D eigenvalue weighted by Gasteiger charge is 2.32. The molecule has 0 spiro atoms. The largest absolute Gasteiger partial charge is 0.306 e. The summed E-state index contributed by atoms with van der Waals surface area (Å²) in [5, 5.41) is 0. The number of piperidine rings is 1. The Labute approximate surface area is 116 Å². The molecule has 0 aliphatic carbocycles. The van der Waals surface area contributed by atoms with Crippen molar-refractivity contribution in [3.63, 3.8) is 0 Å². The number of hydrogen-bond acceptors (Lipinski definition) is 1. The fourth-order valence-electron chi connectivity index (χ4n) is 3.57. The smallest absolute Gasteiger partial charge is 0.0727 e. The van der Waals surface area contributed by atoms with E-state index in [1.807, 2.05) is 0 Å². The molecule has 0 aromatic heterocycles. The summed E-state index contributed by atoms with van der Waals surface area (Å²) in [5.74, 6) is 0. The molecule has 0 atom stereocenters. The van der Waals surface area contributed by atoms with Crippen LogP contribution in [0, 0.1) is 0 Å². The molecule has 2 heteroatoms.